The van der Waals surface area contributed by atoms with E-state index in [1.165, 1.54) is 11.1 Å². The minimum atomic E-state index is 0.517. The quantitative estimate of drug-likeness (QED) is 0.862. The number of halogens is 1. The summed E-state index contributed by atoms with van der Waals surface area (Å²) < 4.78 is 0. The summed E-state index contributed by atoms with van der Waals surface area (Å²) in [5, 5.41) is 0.771. The Bertz CT molecular complexity index is 505. The molecule has 0 aliphatic carbocycles. The molecule has 2 aromatic rings. The molecule has 0 fully saturated rings. The summed E-state index contributed by atoms with van der Waals surface area (Å²) in [5.41, 5.74) is 9.28. The molecule has 0 bridgehead atoms. The molecule has 94 valence electrons. The van der Waals surface area contributed by atoms with Crippen LogP contribution in [0.4, 0.5) is 0 Å². The summed E-state index contributed by atoms with van der Waals surface area (Å²) in [6.45, 7) is 2.94. The number of nitrogens with two attached hydrogens (primary N) is 1. The first-order valence-corrected chi connectivity index (χ1v) is 6.64. The molecular formula is C16H18ClN. The van der Waals surface area contributed by atoms with Crippen molar-refractivity contribution in [2.45, 2.75) is 19.3 Å². The van der Waals surface area contributed by atoms with E-state index in [9.17, 15) is 0 Å². The second-order valence-corrected chi connectivity index (χ2v) is 5.05. The number of rotatable bonds is 4. The smallest absolute Gasteiger partial charge is 0.0412 e. The predicted molar refractivity (Wildman–Crippen MR) is 79.0 cm³/mol. The van der Waals surface area contributed by atoms with Crippen molar-refractivity contribution < 1.29 is 0 Å². The average molecular weight is 260 g/mol. The lowest BCUT2D eigenvalue weighted by Gasteiger charge is -2.11. The molecule has 0 aliphatic heterocycles. The second-order valence-electron chi connectivity index (χ2n) is 4.61. The zero-order valence-corrected chi connectivity index (χ0v) is 11.3. The van der Waals surface area contributed by atoms with Gasteiger partial charge < -0.3 is 5.73 Å². The second kappa shape index (κ2) is 6.03. The first-order chi connectivity index (χ1) is 8.70. The molecule has 0 amide bonds. The highest BCUT2D eigenvalue weighted by Gasteiger charge is 2.05. The third-order valence-corrected chi connectivity index (χ3v) is 3.47. The molecule has 18 heavy (non-hydrogen) atoms. The largest absolute Gasteiger partial charge is 0.330 e. The maximum Gasteiger partial charge on any atom is 0.0412 e. The molecule has 2 rings (SSSR count). The molecule has 0 aromatic heterocycles. The summed E-state index contributed by atoms with van der Waals surface area (Å²) in [6.07, 6.45) is 1.02. The standard InChI is InChI=1S/C16H18ClN/c1-12(9-10-18)13-5-7-14(8-6-13)15-3-2-4-16(17)11-15/h2-8,11-12H,9-10,18H2,1H3. The molecule has 0 saturated carbocycles. The summed E-state index contributed by atoms with van der Waals surface area (Å²) in [5.74, 6) is 0.517. The van der Waals surface area contributed by atoms with Crippen molar-refractivity contribution >= 4 is 11.6 Å². The fourth-order valence-electron chi connectivity index (χ4n) is 2.09. The Kier molecular flexibility index (Phi) is 4.40. The van der Waals surface area contributed by atoms with Gasteiger partial charge in [-0.1, -0.05) is 54.9 Å². The Balaban J connectivity index is 2.22. The van der Waals surface area contributed by atoms with Crippen LogP contribution in [-0.2, 0) is 0 Å². The molecule has 1 unspecified atom stereocenters. The van der Waals surface area contributed by atoms with E-state index in [1.54, 1.807) is 0 Å². The maximum absolute atomic E-state index is 6.00. The number of hydrogen-bond acceptors (Lipinski definition) is 1. The van der Waals surface area contributed by atoms with Crippen LogP contribution in [0.1, 0.15) is 24.8 Å². The van der Waals surface area contributed by atoms with Crippen molar-refractivity contribution in [2.24, 2.45) is 5.73 Å². The van der Waals surface area contributed by atoms with E-state index in [0.29, 0.717) is 5.92 Å². The van der Waals surface area contributed by atoms with Crippen molar-refractivity contribution in [1.82, 2.24) is 0 Å². The van der Waals surface area contributed by atoms with Crippen LogP contribution >= 0.6 is 11.6 Å². The molecule has 1 atom stereocenters. The van der Waals surface area contributed by atoms with Gasteiger partial charge in [-0.2, -0.15) is 0 Å². The van der Waals surface area contributed by atoms with Gasteiger partial charge in [0.05, 0.1) is 0 Å². The van der Waals surface area contributed by atoms with E-state index in [1.807, 2.05) is 18.2 Å². The van der Waals surface area contributed by atoms with Crippen molar-refractivity contribution in [2.75, 3.05) is 6.54 Å². The predicted octanol–water partition coefficient (Wildman–Crippen LogP) is 4.46. The molecular weight excluding hydrogens is 242 g/mol. The third-order valence-electron chi connectivity index (χ3n) is 3.24. The van der Waals surface area contributed by atoms with Crippen molar-refractivity contribution in [3.63, 3.8) is 0 Å². The highest BCUT2D eigenvalue weighted by molar-refractivity contribution is 6.30. The van der Waals surface area contributed by atoms with Gasteiger partial charge in [0, 0.05) is 5.02 Å². The Morgan fingerprint density at radius 1 is 1.06 bits per heavy atom. The van der Waals surface area contributed by atoms with Gasteiger partial charge in [0.2, 0.25) is 0 Å². The highest BCUT2D eigenvalue weighted by atomic mass is 35.5. The minimum absolute atomic E-state index is 0.517. The lowest BCUT2D eigenvalue weighted by Crippen LogP contribution is -2.04. The first-order valence-electron chi connectivity index (χ1n) is 6.26. The summed E-state index contributed by atoms with van der Waals surface area (Å²) in [4.78, 5) is 0. The summed E-state index contributed by atoms with van der Waals surface area (Å²) in [7, 11) is 0. The zero-order valence-electron chi connectivity index (χ0n) is 10.6. The molecule has 1 nitrogen and oxygen atoms in total. The number of benzene rings is 2. The van der Waals surface area contributed by atoms with Gasteiger partial charge >= 0.3 is 0 Å². The number of hydrogen-bond donors (Lipinski definition) is 1. The van der Waals surface area contributed by atoms with Crippen LogP contribution in [0.15, 0.2) is 48.5 Å². The van der Waals surface area contributed by atoms with Gasteiger partial charge in [0.25, 0.3) is 0 Å². The SMILES string of the molecule is CC(CCN)c1ccc(-c2cccc(Cl)c2)cc1. The Labute approximate surface area is 114 Å². The van der Waals surface area contributed by atoms with E-state index >= 15 is 0 Å². The van der Waals surface area contributed by atoms with E-state index in [4.69, 9.17) is 17.3 Å². The van der Waals surface area contributed by atoms with Crippen molar-refractivity contribution in [3.8, 4) is 11.1 Å². The molecule has 0 radical (unpaired) electrons. The fourth-order valence-corrected chi connectivity index (χ4v) is 2.28. The topological polar surface area (TPSA) is 26.0 Å². The average Bonchev–Trinajstić information content (AvgIpc) is 2.39. The first kappa shape index (κ1) is 13.1. The minimum Gasteiger partial charge on any atom is -0.330 e. The molecule has 2 heteroatoms. The zero-order chi connectivity index (χ0) is 13.0. The van der Waals surface area contributed by atoms with Crippen LogP contribution in [0.2, 0.25) is 5.02 Å². The van der Waals surface area contributed by atoms with Crippen LogP contribution in [0.25, 0.3) is 11.1 Å². The Morgan fingerprint density at radius 3 is 2.39 bits per heavy atom. The molecule has 0 heterocycles. The van der Waals surface area contributed by atoms with Gasteiger partial charge in [0.15, 0.2) is 0 Å². The van der Waals surface area contributed by atoms with Gasteiger partial charge in [0.1, 0.15) is 0 Å². The van der Waals surface area contributed by atoms with Gasteiger partial charge in [-0.25, -0.2) is 0 Å². The maximum atomic E-state index is 6.00. The van der Waals surface area contributed by atoms with E-state index in [-0.39, 0.29) is 0 Å². The Morgan fingerprint density at radius 2 is 1.78 bits per heavy atom. The van der Waals surface area contributed by atoms with E-state index < -0.39 is 0 Å². The fraction of sp³-hybridized carbons (Fsp3) is 0.250. The Hall–Kier alpha value is -1.31. The molecule has 0 saturated heterocycles. The van der Waals surface area contributed by atoms with Crippen LogP contribution in [-0.4, -0.2) is 6.54 Å². The third kappa shape index (κ3) is 3.12. The molecule has 2 N–H and O–H groups in total. The van der Waals surface area contributed by atoms with Crippen LogP contribution in [0.5, 0.6) is 0 Å². The van der Waals surface area contributed by atoms with Gasteiger partial charge in [-0.3, -0.25) is 0 Å². The van der Waals surface area contributed by atoms with E-state index in [2.05, 4.69) is 37.3 Å². The van der Waals surface area contributed by atoms with Crippen molar-refractivity contribution in [3.05, 3.63) is 59.1 Å². The summed E-state index contributed by atoms with van der Waals surface area (Å²) in [6, 6.07) is 16.6. The highest BCUT2D eigenvalue weighted by Crippen LogP contribution is 2.25. The molecule has 2 aromatic carbocycles. The molecule has 0 aliphatic rings. The van der Waals surface area contributed by atoms with Gasteiger partial charge in [-0.05, 0) is 47.7 Å². The monoisotopic (exact) mass is 259 g/mol. The van der Waals surface area contributed by atoms with Crippen LogP contribution < -0.4 is 5.73 Å². The lowest BCUT2D eigenvalue weighted by molar-refractivity contribution is 0.690. The summed E-state index contributed by atoms with van der Waals surface area (Å²) >= 11 is 6.00. The van der Waals surface area contributed by atoms with Crippen molar-refractivity contribution in [1.29, 1.82) is 0 Å². The molecule has 0 spiro atoms. The normalized spacial score (nSPS) is 12.4. The van der Waals surface area contributed by atoms with E-state index in [0.717, 1.165) is 23.6 Å². The van der Waals surface area contributed by atoms with Crippen LogP contribution in [0.3, 0.4) is 0 Å². The van der Waals surface area contributed by atoms with Gasteiger partial charge in [-0.15, -0.1) is 0 Å². The lowest BCUT2D eigenvalue weighted by atomic mass is 9.95. The van der Waals surface area contributed by atoms with Crippen LogP contribution in [0, 0.1) is 0 Å².